The summed E-state index contributed by atoms with van der Waals surface area (Å²) in [6.45, 7) is 7.55. The Kier molecular flexibility index (Phi) is 2.63. The fourth-order valence-corrected chi connectivity index (χ4v) is 2.25. The Labute approximate surface area is 74.1 Å². The average molecular weight is 170 g/mol. The minimum absolute atomic E-state index is 0.670. The third-order valence-electron chi connectivity index (χ3n) is 3.00. The molecule has 2 fully saturated rings. The van der Waals surface area contributed by atoms with Crippen molar-refractivity contribution < 1.29 is 4.74 Å². The van der Waals surface area contributed by atoms with Gasteiger partial charge in [-0.2, -0.15) is 0 Å². The van der Waals surface area contributed by atoms with E-state index >= 15 is 0 Å². The van der Waals surface area contributed by atoms with Gasteiger partial charge in [-0.15, -0.1) is 0 Å². The van der Waals surface area contributed by atoms with E-state index in [-0.39, 0.29) is 0 Å². The lowest BCUT2D eigenvalue weighted by atomic mass is 10.1. The zero-order valence-corrected chi connectivity index (χ0v) is 7.75. The molecule has 0 radical (unpaired) electrons. The summed E-state index contributed by atoms with van der Waals surface area (Å²) in [6, 6.07) is 1.43. The van der Waals surface area contributed by atoms with Gasteiger partial charge in [-0.05, 0) is 19.9 Å². The van der Waals surface area contributed by atoms with Gasteiger partial charge in [-0.25, -0.2) is 0 Å². The van der Waals surface area contributed by atoms with Crippen LogP contribution in [0, 0.1) is 0 Å². The van der Waals surface area contributed by atoms with Crippen LogP contribution in [0.2, 0.25) is 0 Å². The van der Waals surface area contributed by atoms with Crippen LogP contribution in [-0.2, 0) is 4.74 Å². The highest BCUT2D eigenvalue weighted by molar-refractivity contribution is 4.88. The molecule has 2 rings (SSSR count). The molecular formula is C9H18N2O. The smallest absolute Gasteiger partial charge is 0.0594 e. The summed E-state index contributed by atoms with van der Waals surface area (Å²) in [6.07, 6.45) is 1.31. The minimum Gasteiger partial charge on any atom is -0.379 e. The summed E-state index contributed by atoms with van der Waals surface area (Å²) in [5, 5.41) is 3.48. The summed E-state index contributed by atoms with van der Waals surface area (Å²) in [5.74, 6) is 0. The van der Waals surface area contributed by atoms with E-state index < -0.39 is 0 Å². The number of hydrogen-bond donors (Lipinski definition) is 1. The van der Waals surface area contributed by atoms with Crippen LogP contribution in [0.25, 0.3) is 0 Å². The van der Waals surface area contributed by atoms with E-state index in [9.17, 15) is 0 Å². The van der Waals surface area contributed by atoms with Crippen LogP contribution in [0.4, 0.5) is 0 Å². The van der Waals surface area contributed by atoms with Crippen LogP contribution >= 0.6 is 0 Å². The second kappa shape index (κ2) is 3.73. The lowest BCUT2D eigenvalue weighted by Crippen LogP contribution is -2.47. The van der Waals surface area contributed by atoms with E-state index in [4.69, 9.17) is 4.74 Å². The third-order valence-corrected chi connectivity index (χ3v) is 3.00. The first-order valence-electron chi connectivity index (χ1n) is 4.93. The number of morpholine rings is 1. The highest BCUT2D eigenvalue weighted by Gasteiger charge is 2.29. The van der Waals surface area contributed by atoms with Crippen LogP contribution in [-0.4, -0.2) is 49.8 Å². The molecule has 0 saturated carbocycles. The molecule has 3 nitrogen and oxygen atoms in total. The molecule has 2 aliphatic rings. The lowest BCUT2D eigenvalue weighted by molar-refractivity contribution is 0.0152. The van der Waals surface area contributed by atoms with Crippen molar-refractivity contribution in [3.63, 3.8) is 0 Å². The highest BCUT2D eigenvalue weighted by Crippen LogP contribution is 2.15. The Morgan fingerprint density at radius 1 is 1.33 bits per heavy atom. The van der Waals surface area contributed by atoms with Crippen LogP contribution in [0.1, 0.15) is 13.3 Å². The molecule has 0 bridgehead atoms. The molecule has 2 saturated heterocycles. The van der Waals surface area contributed by atoms with Crippen LogP contribution in [0.15, 0.2) is 0 Å². The molecule has 0 amide bonds. The maximum absolute atomic E-state index is 5.33. The van der Waals surface area contributed by atoms with Gasteiger partial charge in [0, 0.05) is 25.2 Å². The van der Waals surface area contributed by atoms with Gasteiger partial charge in [-0.3, -0.25) is 4.90 Å². The molecule has 0 spiro atoms. The van der Waals surface area contributed by atoms with Crippen molar-refractivity contribution in [1.29, 1.82) is 0 Å². The third kappa shape index (κ3) is 1.63. The largest absolute Gasteiger partial charge is 0.379 e. The van der Waals surface area contributed by atoms with Gasteiger partial charge < -0.3 is 10.1 Å². The Bertz CT molecular complexity index is 145. The molecule has 0 aliphatic carbocycles. The van der Waals surface area contributed by atoms with Gasteiger partial charge in [-0.1, -0.05) is 0 Å². The number of ether oxygens (including phenoxy) is 1. The van der Waals surface area contributed by atoms with Crippen molar-refractivity contribution >= 4 is 0 Å². The quantitative estimate of drug-likeness (QED) is 0.602. The van der Waals surface area contributed by atoms with Crippen LogP contribution in [0.3, 0.4) is 0 Å². The molecule has 2 unspecified atom stereocenters. The molecule has 70 valence electrons. The molecule has 0 aromatic rings. The highest BCUT2D eigenvalue weighted by atomic mass is 16.5. The topological polar surface area (TPSA) is 24.5 Å². The molecule has 2 heterocycles. The lowest BCUT2D eigenvalue weighted by Gasteiger charge is -2.34. The van der Waals surface area contributed by atoms with E-state index in [0.717, 1.165) is 32.3 Å². The number of hydrogen-bond acceptors (Lipinski definition) is 3. The first kappa shape index (κ1) is 8.48. The van der Waals surface area contributed by atoms with E-state index in [2.05, 4.69) is 17.1 Å². The Morgan fingerprint density at radius 2 is 2.08 bits per heavy atom. The molecule has 2 aliphatic heterocycles. The monoisotopic (exact) mass is 170 g/mol. The van der Waals surface area contributed by atoms with Crippen molar-refractivity contribution in [2.45, 2.75) is 25.4 Å². The SMILES string of the molecule is CC1NCCC1N1CCOCC1. The number of rotatable bonds is 1. The summed E-state index contributed by atoms with van der Waals surface area (Å²) < 4.78 is 5.33. The van der Waals surface area contributed by atoms with E-state index in [1.54, 1.807) is 0 Å². The Balaban J connectivity index is 1.89. The van der Waals surface area contributed by atoms with Crippen molar-refractivity contribution in [2.75, 3.05) is 32.8 Å². The maximum Gasteiger partial charge on any atom is 0.0594 e. The molecule has 2 atom stereocenters. The van der Waals surface area contributed by atoms with Gasteiger partial charge in [0.05, 0.1) is 13.2 Å². The maximum atomic E-state index is 5.33. The standard InChI is InChI=1S/C9H18N2O/c1-8-9(2-3-10-8)11-4-6-12-7-5-11/h8-10H,2-7H2,1H3. The van der Waals surface area contributed by atoms with Gasteiger partial charge in [0.25, 0.3) is 0 Å². The minimum atomic E-state index is 0.670. The molecule has 0 aromatic heterocycles. The Morgan fingerprint density at radius 3 is 2.67 bits per heavy atom. The second-order valence-corrected chi connectivity index (χ2v) is 3.75. The van der Waals surface area contributed by atoms with E-state index in [1.807, 2.05) is 0 Å². The van der Waals surface area contributed by atoms with Crippen molar-refractivity contribution in [1.82, 2.24) is 10.2 Å². The van der Waals surface area contributed by atoms with Crippen LogP contribution < -0.4 is 5.32 Å². The normalized spacial score (nSPS) is 38.8. The fourth-order valence-electron chi connectivity index (χ4n) is 2.25. The molecule has 3 heteroatoms. The zero-order valence-electron chi connectivity index (χ0n) is 7.75. The Hall–Kier alpha value is -0.120. The second-order valence-electron chi connectivity index (χ2n) is 3.75. The van der Waals surface area contributed by atoms with Crippen molar-refractivity contribution in [3.8, 4) is 0 Å². The summed E-state index contributed by atoms with van der Waals surface area (Å²) in [4.78, 5) is 2.56. The fraction of sp³-hybridized carbons (Fsp3) is 1.00. The predicted molar refractivity (Wildman–Crippen MR) is 48.3 cm³/mol. The van der Waals surface area contributed by atoms with Crippen molar-refractivity contribution in [2.24, 2.45) is 0 Å². The van der Waals surface area contributed by atoms with Gasteiger partial charge in [0.15, 0.2) is 0 Å². The first-order valence-corrected chi connectivity index (χ1v) is 4.93. The van der Waals surface area contributed by atoms with Gasteiger partial charge in [0.2, 0.25) is 0 Å². The van der Waals surface area contributed by atoms with E-state index in [0.29, 0.717) is 6.04 Å². The van der Waals surface area contributed by atoms with Gasteiger partial charge in [0.1, 0.15) is 0 Å². The number of nitrogens with one attached hydrogen (secondary N) is 1. The summed E-state index contributed by atoms with van der Waals surface area (Å²) in [5.41, 5.74) is 0. The number of nitrogens with zero attached hydrogens (tertiary/aromatic N) is 1. The molecule has 1 N–H and O–H groups in total. The van der Waals surface area contributed by atoms with Crippen LogP contribution in [0.5, 0.6) is 0 Å². The molecule has 0 aromatic carbocycles. The first-order chi connectivity index (χ1) is 5.88. The summed E-state index contributed by atoms with van der Waals surface area (Å²) in [7, 11) is 0. The molecular weight excluding hydrogens is 152 g/mol. The predicted octanol–water partition coefficient (Wildman–Crippen LogP) is 0.0690. The average Bonchev–Trinajstić information content (AvgIpc) is 2.53. The van der Waals surface area contributed by atoms with Crippen molar-refractivity contribution in [3.05, 3.63) is 0 Å². The molecule has 12 heavy (non-hydrogen) atoms. The summed E-state index contributed by atoms with van der Waals surface area (Å²) >= 11 is 0. The zero-order chi connectivity index (χ0) is 8.39. The van der Waals surface area contributed by atoms with Gasteiger partial charge >= 0.3 is 0 Å². The van der Waals surface area contributed by atoms with E-state index in [1.165, 1.54) is 13.0 Å².